The highest BCUT2D eigenvalue weighted by atomic mass is 79.9. The van der Waals surface area contributed by atoms with E-state index >= 15 is 0 Å². The number of amides is 2. The van der Waals surface area contributed by atoms with Gasteiger partial charge in [0.15, 0.2) is 0 Å². The van der Waals surface area contributed by atoms with Gasteiger partial charge < -0.3 is 10.2 Å². The van der Waals surface area contributed by atoms with Crippen LogP contribution < -0.4 is 10.2 Å². The fourth-order valence-corrected chi connectivity index (χ4v) is 2.38. The summed E-state index contributed by atoms with van der Waals surface area (Å²) in [5, 5.41) is 2.61. The Morgan fingerprint density at radius 2 is 1.91 bits per heavy atom. The number of carbonyl (C=O) groups excluding carboxylic acids is 2. The van der Waals surface area contributed by atoms with Crippen LogP contribution in [-0.2, 0) is 9.59 Å². The molecule has 0 fully saturated rings. The van der Waals surface area contributed by atoms with E-state index in [-0.39, 0.29) is 12.2 Å². The molecule has 0 saturated carbocycles. The summed E-state index contributed by atoms with van der Waals surface area (Å²) in [4.78, 5) is 24.7. The number of rotatable bonds is 4. The van der Waals surface area contributed by atoms with Crippen molar-refractivity contribution in [3.8, 4) is 0 Å². The fourth-order valence-electron chi connectivity index (χ4n) is 1.98. The molecule has 0 aromatic heterocycles. The maximum absolute atomic E-state index is 13.8. The summed E-state index contributed by atoms with van der Waals surface area (Å²) in [7, 11) is 0. The van der Waals surface area contributed by atoms with Crippen LogP contribution in [-0.4, -0.2) is 18.4 Å². The molecule has 0 aliphatic heterocycles. The molecule has 4 nitrogen and oxygen atoms in total. The lowest BCUT2D eigenvalue weighted by Crippen LogP contribution is -2.37. The highest BCUT2D eigenvalue weighted by molar-refractivity contribution is 9.10. The first-order chi connectivity index (χ1) is 10.9. The predicted molar refractivity (Wildman–Crippen MR) is 87.2 cm³/mol. The van der Waals surface area contributed by atoms with E-state index in [4.69, 9.17) is 0 Å². The van der Waals surface area contributed by atoms with Gasteiger partial charge in [0.05, 0.1) is 5.69 Å². The third-order valence-corrected chi connectivity index (χ3v) is 3.48. The summed E-state index contributed by atoms with van der Waals surface area (Å²) >= 11 is 3.28. The summed E-state index contributed by atoms with van der Waals surface area (Å²) in [5.41, 5.74) is 0.385. The first-order valence-corrected chi connectivity index (χ1v) is 7.44. The van der Waals surface area contributed by atoms with E-state index in [1.807, 2.05) is 0 Å². The molecule has 2 rings (SSSR count). The lowest BCUT2D eigenvalue weighted by atomic mass is 10.2. The zero-order valence-electron chi connectivity index (χ0n) is 12.1. The number of nitrogens with one attached hydrogen (secondary N) is 1. The van der Waals surface area contributed by atoms with Crippen molar-refractivity contribution in [1.82, 2.24) is 0 Å². The fraction of sp³-hybridized carbons (Fsp3) is 0.125. The molecule has 2 amide bonds. The van der Waals surface area contributed by atoms with E-state index in [2.05, 4.69) is 21.2 Å². The van der Waals surface area contributed by atoms with Gasteiger partial charge in [-0.25, -0.2) is 8.78 Å². The van der Waals surface area contributed by atoms with Gasteiger partial charge >= 0.3 is 0 Å². The number of benzene rings is 2. The van der Waals surface area contributed by atoms with Crippen molar-refractivity contribution in [2.24, 2.45) is 0 Å². The predicted octanol–water partition coefficient (Wildman–Crippen LogP) is 3.72. The van der Waals surface area contributed by atoms with Gasteiger partial charge in [-0.2, -0.15) is 0 Å². The summed E-state index contributed by atoms with van der Waals surface area (Å²) in [6, 6.07) is 9.72. The monoisotopic (exact) mass is 382 g/mol. The first-order valence-electron chi connectivity index (χ1n) is 6.65. The Bertz CT molecular complexity index is 753. The number of carbonyl (C=O) groups is 2. The maximum atomic E-state index is 13.8. The zero-order valence-corrected chi connectivity index (χ0v) is 13.7. The van der Waals surface area contributed by atoms with E-state index in [1.54, 1.807) is 24.3 Å². The van der Waals surface area contributed by atoms with Crippen molar-refractivity contribution in [2.75, 3.05) is 16.8 Å². The number of hydrogen-bond acceptors (Lipinski definition) is 2. The maximum Gasteiger partial charge on any atom is 0.244 e. The van der Waals surface area contributed by atoms with Crippen LogP contribution in [0.3, 0.4) is 0 Å². The third-order valence-electron chi connectivity index (χ3n) is 2.99. The molecule has 23 heavy (non-hydrogen) atoms. The molecule has 0 aliphatic rings. The Morgan fingerprint density at radius 3 is 2.52 bits per heavy atom. The first kappa shape index (κ1) is 17.1. The second-order valence-electron chi connectivity index (χ2n) is 4.76. The second-order valence-corrected chi connectivity index (χ2v) is 5.68. The smallest absolute Gasteiger partial charge is 0.244 e. The molecule has 0 spiro atoms. The van der Waals surface area contributed by atoms with Gasteiger partial charge in [0.25, 0.3) is 0 Å². The average Bonchev–Trinajstić information content (AvgIpc) is 2.45. The third kappa shape index (κ3) is 4.59. The number of anilines is 2. The molecule has 0 bridgehead atoms. The van der Waals surface area contributed by atoms with E-state index in [9.17, 15) is 18.4 Å². The molecule has 0 aliphatic carbocycles. The molecule has 0 heterocycles. The second kappa shape index (κ2) is 7.32. The minimum atomic E-state index is -0.907. The van der Waals surface area contributed by atoms with Crippen LogP contribution in [0.1, 0.15) is 6.92 Å². The summed E-state index contributed by atoms with van der Waals surface area (Å²) in [5.74, 6) is -2.69. The van der Waals surface area contributed by atoms with Crippen LogP contribution in [0.25, 0.3) is 0 Å². The van der Waals surface area contributed by atoms with Gasteiger partial charge in [-0.05, 0) is 30.3 Å². The van der Waals surface area contributed by atoms with Crippen molar-refractivity contribution >= 4 is 39.1 Å². The Kier molecular flexibility index (Phi) is 5.44. The molecule has 0 radical (unpaired) electrons. The Labute approximate surface area is 140 Å². The molecule has 0 saturated heterocycles. The normalized spacial score (nSPS) is 10.3. The molecule has 2 aromatic rings. The van der Waals surface area contributed by atoms with Crippen LogP contribution in [0.15, 0.2) is 46.9 Å². The molecule has 2 aromatic carbocycles. The van der Waals surface area contributed by atoms with Crippen LogP contribution >= 0.6 is 15.9 Å². The largest absolute Gasteiger partial charge is 0.324 e. The summed E-state index contributed by atoms with van der Waals surface area (Å²) in [6.45, 7) is 0.819. The van der Waals surface area contributed by atoms with Crippen molar-refractivity contribution in [3.63, 3.8) is 0 Å². The van der Waals surface area contributed by atoms with Gasteiger partial charge in [-0.15, -0.1) is 0 Å². The summed E-state index contributed by atoms with van der Waals surface area (Å²) in [6.07, 6.45) is 0. The van der Waals surface area contributed by atoms with Gasteiger partial charge in [-0.3, -0.25) is 9.59 Å². The van der Waals surface area contributed by atoms with Crippen LogP contribution in [0.2, 0.25) is 0 Å². The van der Waals surface area contributed by atoms with Crippen LogP contribution in [0.5, 0.6) is 0 Å². The molecule has 1 N–H and O–H groups in total. The minimum absolute atomic E-state index is 0.150. The van der Waals surface area contributed by atoms with Crippen LogP contribution in [0, 0.1) is 11.6 Å². The molecular weight excluding hydrogens is 370 g/mol. The van der Waals surface area contributed by atoms with Gasteiger partial charge in [0.2, 0.25) is 11.8 Å². The zero-order chi connectivity index (χ0) is 17.0. The van der Waals surface area contributed by atoms with E-state index < -0.39 is 23.4 Å². The topological polar surface area (TPSA) is 49.4 Å². The molecular formula is C16H13BrF2N2O2. The van der Waals surface area contributed by atoms with Crippen LogP contribution in [0.4, 0.5) is 20.2 Å². The molecule has 0 atom stereocenters. The molecule has 120 valence electrons. The number of nitrogens with zero attached hydrogens (tertiary/aromatic N) is 1. The Morgan fingerprint density at radius 1 is 1.17 bits per heavy atom. The van der Waals surface area contributed by atoms with E-state index in [1.165, 1.54) is 6.92 Å². The molecule has 7 heteroatoms. The van der Waals surface area contributed by atoms with Crippen molar-refractivity contribution < 1.29 is 18.4 Å². The highest BCUT2D eigenvalue weighted by Gasteiger charge is 2.19. The van der Waals surface area contributed by atoms with Crippen molar-refractivity contribution in [2.45, 2.75) is 6.92 Å². The highest BCUT2D eigenvalue weighted by Crippen LogP contribution is 2.21. The minimum Gasteiger partial charge on any atom is -0.324 e. The number of hydrogen-bond donors (Lipinski definition) is 1. The van der Waals surface area contributed by atoms with Gasteiger partial charge in [0.1, 0.15) is 18.2 Å². The van der Waals surface area contributed by atoms with Crippen molar-refractivity contribution in [3.05, 3.63) is 58.6 Å². The summed E-state index contributed by atoms with van der Waals surface area (Å²) < 4.78 is 27.6. The van der Waals surface area contributed by atoms with Gasteiger partial charge in [-0.1, -0.05) is 22.0 Å². The molecule has 0 unspecified atom stereocenters. The average molecular weight is 383 g/mol. The van der Waals surface area contributed by atoms with E-state index in [0.29, 0.717) is 11.8 Å². The quantitative estimate of drug-likeness (QED) is 0.875. The SMILES string of the molecule is CC(=O)N(CC(=O)Nc1cccc(Br)c1)c1ccc(F)cc1F. The Balaban J connectivity index is 2.16. The lowest BCUT2D eigenvalue weighted by Gasteiger charge is -2.21. The Hall–Kier alpha value is -2.28. The number of halogens is 3. The van der Waals surface area contributed by atoms with E-state index in [0.717, 1.165) is 21.5 Å². The van der Waals surface area contributed by atoms with Gasteiger partial charge in [0, 0.05) is 23.2 Å². The standard InChI is InChI=1S/C16H13BrF2N2O2/c1-10(22)21(15-6-5-12(18)8-14(15)19)9-16(23)20-13-4-2-3-11(17)7-13/h2-8H,9H2,1H3,(H,20,23). The van der Waals surface area contributed by atoms with Crippen molar-refractivity contribution in [1.29, 1.82) is 0 Å². The lowest BCUT2D eigenvalue weighted by molar-refractivity contribution is -0.120.